The second-order valence-electron chi connectivity index (χ2n) is 3.41. The first-order valence-electron chi connectivity index (χ1n) is 5.35. The van der Waals surface area contributed by atoms with Crippen LogP contribution in [0.3, 0.4) is 0 Å². The van der Waals surface area contributed by atoms with E-state index < -0.39 is 0 Å². The third-order valence-corrected chi connectivity index (χ3v) is 2.17. The maximum Gasteiger partial charge on any atom is -0.0169 e. The molecule has 0 aromatic carbocycles. The number of hydrogen-bond acceptors (Lipinski definition) is 0. The summed E-state index contributed by atoms with van der Waals surface area (Å²) in [6.45, 7) is 0. The first kappa shape index (κ1) is 10.3. The Bertz CT molecular complexity index is 184. The van der Waals surface area contributed by atoms with Crippen molar-refractivity contribution in [1.29, 1.82) is 0 Å². The van der Waals surface area contributed by atoms with Crippen LogP contribution in [0.1, 0.15) is 44.9 Å². The molecular weight excluding hydrogens is 156 g/mol. The van der Waals surface area contributed by atoms with Gasteiger partial charge >= 0.3 is 0 Å². The summed E-state index contributed by atoms with van der Waals surface area (Å²) in [4.78, 5) is 0. The van der Waals surface area contributed by atoms with Crippen LogP contribution in [0.2, 0.25) is 0 Å². The van der Waals surface area contributed by atoms with Crippen LogP contribution < -0.4 is 0 Å². The molecule has 0 aromatic heterocycles. The second kappa shape index (κ2) is 7.85. The van der Waals surface area contributed by atoms with Gasteiger partial charge in [-0.3, -0.25) is 0 Å². The van der Waals surface area contributed by atoms with Crippen LogP contribution in [0.5, 0.6) is 0 Å². The van der Waals surface area contributed by atoms with Crippen LogP contribution in [-0.2, 0) is 0 Å². The molecule has 0 heteroatoms. The molecular formula is C13H19. The third-order valence-electron chi connectivity index (χ3n) is 2.17. The zero-order chi connectivity index (χ0) is 9.19. The third kappa shape index (κ3) is 6.39. The van der Waals surface area contributed by atoms with Crippen LogP contribution in [0.25, 0.3) is 0 Å². The van der Waals surface area contributed by atoms with Gasteiger partial charge in [0, 0.05) is 0 Å². The Morgan fingerprint density at radius 1 is 0.769 bits per heavy atom. The van der Waals surface area contributed by atoms with Crippen LogP contribution >= 0.6 is 0 Å². The van der Waals surface area contributed by atoms with Gasteiger partial charge in [-0.2, -0.15) is 0 Å². The smallest absolute Gasteiger partial charge is 0.0169 e. The predicted molar refractivity (Wildman–Crippen MR) is 58.4 cm³/mol. The summed E-state index contributed by atoms with van der Waals surface area (Å²) < 4.78 is 0. The Labute approximate surface area is 82.0 Å². The molecule has 1 radical (unpaired) electrons. The summed E-state index contributed by atoms with van der Waals surface area (Å²) in [5.74, 6) is 0. The van der Waals surface area contributed by atoms with E-state index in [-0.39, 0.29) is 0 Å². The van der Waals surface area contributed by atoms with E-state index in [0.29, 0.717) is 0 Å². The molecule has 0 atom stereocenters. The SMILES string of the molecule is [C]1=CCCC=CCC=CCCCC1. The average molecular weight is 175 g/mol. The first-order chi connectivity index (χ1) is 6.50. The second-order valence-corrected chi connectivity index (χ2v) is 3.41. The molecule has 0 spiro atoms. The molecule has 71 valence electrons. The van der Waals surface area contributed by atoms with Gasteiger partial charge < -0.3 is 0 Å². The summed E-state index contributed by atoms with van der Waals surface area (Å²) >= 11 is 0. The number of allylic oxidation sites excluding steroid dienone is 6. The Morgan fingerprint density at radius 3 is 2.54 bits per heavy atom. The van der Waals surface area contributed by atoms with Crippen molar-refractivity contribution in [3.8, 4) is 0 Å². The van der Waals surface area contributed by atoms with Crippen molar-refractivity contribution in [1.82, 2.24) is 0 Å². The molecule has 0 aliphatic heterocycles. The number of rotatable bonds is 0. The van der Waals surface area contributed by atoms with E-state index in [4.69, 9.17) is 0 Å². The van der Waals surface area contributed by atoms with Crippen molar-refractivity contribution in [2.75, 3.05) is 0 Å². The first-order valence-corrected chi connectivity index (χ1v) is 5.35. The summed E-state index contributed by atoms with van der Waals surface area (Å²) in [7, 11) is 0. The Balaban J connectivity index is 2.28. The lowest BCUT2D eigenvalue weighted by Gasteiger charge is -1.91. The van der Waals surface area contributed by atoms with Crippen LogP contribution in [0.4, 0.5) is 0 Å². The van der Waals surface area contributed by atoms with Gasteiger partial charge in [0.25, 0.3) is 0 Å². The summed E-state index contributed by atoms with van der Waals surface area (Å²) in [6.07, 6.45) is 23.0. The predicted octanol–water partition coefficient (Wildman–Crippen LogP) is 4.20. The minimum atomic E-state index is 1.10. The highest BCUT2D eigenvalue weighted by atomic mass is 13.9. The minimum Gasteiger partial charge on any atom is -0.0882 e. The van der Waals surface area contributed by atoms with E-state index in [1.54, 1.807) is 0 Å². The lowest BCUT2D eigenvalue weighted by Crippen LogP contribution is -1.72. The molecule has 0 amide bonds. The van der Waals surface area contributed by atoms with Crippen molar-refractivity contribution in [2.24, 2.45) is 0 Å². The van der Waals surface area contributed by atoms with Crippen molar-refractivity contribution >= 4 is 0 Å². The maximum absolute atomic E-state index is 3.34. The fourth-order valence-corrected chi connectivity index (χ4v) is 1.38. The maximum atomic E-state index is 3.34. The average Bonchev–Trinajstić information content (AvgIpc) is 2.18. The monoisotopic (exact) mass is 175 g/mol. The molecule has 1 aliphatic carbocycles. The van der Waals surface area contributed by atoms with Crippen LogP contribution in [-0.4, -0.2) is 0 Å². The van der Waals surface area contributed by atoms with Gasteiger partial charge in [0.05, 0.1) is 0 Å². The van der Waals surface area contributed by atoms with Gasteiger partial charge in [-0.05, 0) is 51.0 Å². The van der Waals surface area contributed by atoms with Crippen molar-refractivity contribution in [2.45, 2.75) is 44.9 Å². The Morgan fingerprint density at radius 2 is 1.62 bits per heavy atom. The molecule has 0 aromatic rings. The standard InChI is InChI=1S/C13H19/c1-2-4-6-8-10-12-13-11-9-7-5-3-1/h1-2,5,7-8H,3-4,6,9,11-13H2. The quantitative estimate of drug-likeness (QED) is 0.484. The van der Waals surface area contributed by atoms with Gasteiger partial charge in [-0.1, -0.05) is 30.4 Å². The molecule has 0 nitrogen and oxygen atoms in total. The minimum absolute atomic E-state index is 1.10. The van der Waals surface area contributed by atoms with Gasteiger partial charge in [-0.15, -0.1) is 0 Å². The van der Waals surface area contributed by atoms with E-state index >= 15 is 0 Å². The largest absolute Gasteiger partial charge is 0.0882 e. The highest BCUT2D eigenvalue weighted by Crippen LogP contribution is 2.04. The molecule has 0 saturated carbocycles. The van der Waals surface area contributed by atoms with E-state index in [1.165, 1.54) is 25.7 Å². The zero-order valence-electron chi connectivity index (χ0n) is 8.34. The molecule has 0 unspecified atom stereocenters. The summed E-state index contributed by atoms with van der Waals surface area (Å²) in [5.41, 5.74) is 0. The van der Waals surface area contributed by atoms with Crippen molar-refractivity contribution in [3.63, 3.8) is 0 Å². The fraction of sp³-hybridized carbons (Fsp3) is 0.538. The fourth-order valence-electron chi connectivity index (χ4n) is 1.38. The zero-order valence-corrected chi connectivity index (χ0v) is 8.34. The summed E-state index contributed by atoms with van der Waals surface area (Å²) in [5, 5.41) is 0. The topological polar surface area (TPSA) is 0 Å². The normalized spacial score (nSPS) is 20.3. The molecule has 0 saturated heterocycles. The molecule has 1 rings (SSSR count). The van der Waals surface area contributed by atoms with E-state index in [1.807, 2.05) is 0 Å². The van der Waals surface area contributed by atoms with Crippen LogP contribution in [0, 0.1) is 6.08 Å². The van der Waals surface area contributed by atoms with Crippen molar-refractivity contribution < 1.29 is 0 Å². The lowest BCUT2D eigenvalue weighted by atomic mass is 10.1. The molecule has 0 fully saturated rings. The molecule has 0 bridgehead atoms. The summed E-state index contributed by atoms with van der Waals surface area (Å²) in [6, 6.07) is 0. The van der Waals surface area contributed by atoms with E-state index in [9.17, 15) is 0 Å². The van der Waals surface area contributed by atoms with Gasteiger partial charge in [0.15, 0.2) is 0 Å². The number of hydrogen-bond donors (Lipinski definition) is 0. The van der Waals surface area contributed by atoms with E-state index in [2.05, 4.69) is 36.5 Å². The Hall–Kier alpha value is -0.780. The van der Waals surface area contributed by atoms with E-state index in [0.717, 1.165) is 19.3 Å². The molecule has 0 heterocycles. The van der Waals surface area contributed by atoms with Crippen LogP contribution in [0.15, 0.2) is 30.4 Å². The highest BCUT2D eigenvalue weighted by molar-refractivity contribution is 4.94. The molecule has 0 N–H and O–H groups in total. The lowest BCUT2D eigenvalue weighted by molar-refractivity contribution is 0.751. The van der Waals surface area contributed by atoms with Crippen molar-refractivity contribution in [3.05, 3.63) is 36.5 Å². The molecule has 1 aliphatic rings. The van der Waals surface area contributed by atoms with Gasteiger partial charge in [0.2, 0.25) is 0 Å². The van der Waals surface area contributed by atoms with Gasteiger partial charge in [-0.25, -0.2) is 0 Å². The highest BCUT2D eigenvalue weighted by Gasteiger charge is 1.85. The Kier molecular flexibility index (Phi) is 6.22. The molecule has 13 heavy (non-hydrogen) atoms. The van der Waals surface area contributed by atoms with Gasteiger partial charge in [0.1, 0.15) is 0 Å².